The number of ketones is 1. The molecule has 0 radical (unpaired) electrons. The van der Waals surface area contributed by atoms with Gasteiger partial charge in [-0.15, -0.1) is 0 Å². The van der Waals surface area contributed by atoms with Crippen LogP contribution in [0.1, 0.15) is 62.3 Å². The molecule has 3 rings (SSSR count). The number of alkyl carbamates (subject to hydrolysis) is 1. The van der Waals surface area contributed by atoms with E-state index in [-0.39, 0.29) is 11.8 Å². The molecular formula is C28H34N2O5. The molecular weight excluding hydrogens is 444 g/mol. The number of nitrogens with zero attached hydrogens (tertiary/aromatic N) is 1. The van der Waals surface area contributed by atoms with Gasteiger partial charge in [-0.25, -0.2) is 9.78 Å². The standard InChI is InChI=1S/C28H34N2O5/c1-19(29-27(32)35-28(3,4)5)11-16-25(31)21-12-14-23(15-13-21)33-18-17-24-20(2)34-26(30-24)22-9-7-6-8-10-22/h6-10,12-15,19H,11,16-18H2,1-5H3,(H,29,32)/t19-/m0/s1. The molecule has 7 heteroatoms. The van der Waals surface area contributed by atoms with Crippen molar-refractivity contribution in [3.63, 3.8) is 0 Å². The van der Waals surface area contributed by atoms with Crippen molar-refractivity contribution >= 4 is 11.9 Å². The van der Waals surface area contributed by atoms with Crippen LogP contribution in [0.2, 0.25) is 0 Å². The first-order valence-corrected chi connectivity index (χ1v) is 11.9. The van der Waals surface area contributed by atoms with Crippen molar-refractivity contribution in [1.82, 2.24) is 10.3 Å². The van der Waals surface area contributed by atoms with Gasteiger partial charge in [0.1, 0.15) is 17.1 Å². The maximum Gasteiger partial charge on any atom is 0.407 e. The molecule has 0 aliphatic rings. The molecule has 0 bridgehead atoms. The minimum Gasteiger partial charge on any atom is -0.493 e. The summed E-state index contributed by atoms with van der Waals surface area (Å²) in [7, 11) is 0. The van der Waals surface area contributed by atoms with Crippen molar-refractivity contribution in [3.8, 4) is 17.2 Å². The van der Waals surface area contributed by atoms with E-state index in [4.69, 9.17) is 13.9 Å². The summed E-state index contributed by atoms with van der Waals surface area (Å²) in [4.78, 5) is 29.0. The summed E-state index contributed by atoms with van der Waals surface area (Å²) in [6.45, 7) is 9.64. The molecule has 0 unspecified atom stereocenters. The first-order valence-electron chi connectivity index (χ1n) is 11.9. The van der Waals surface area contributed by atoms with E-state index in [1.807, 2.05) is 65.0 Å². The Labute approximate surface area is 206 Å². The number of carbonyl (C=O) groups is 2. The molecule has 186 valence electrons. The van der Waals surface area contributed by atoms with Crippen molar-refractivity contribution in [3.05, 3.63) is 71.6 Å². The maximum absolute atomic E-state index is 12.5. The van der Waals surface area contributed by atoms with Crippen LogP contribution in [-0.2, 0) is 11.2 Å². The van der Waals surface area contributed by atoms with Gasteiger partial charge in [-0.1, -0.05) is 18.2 Å². The fourth-order valence-electron chi connectivity index (χ4n) is 3.44. The molecule has 35 heavy (non-hydrogen) atoms. The average molecular weight is 479 g/mol. The third-order valence-corrected chi connectivity index (χ3v) is 5.26. The number of Topliss-reactive ketones (excluding diaryl/α,β-unsaturated/α-hetero) is 1. The predicted octanol–water partition coefficient (Wildman–Crippen LogP) is 6.15. The smallest absolute Gasteiger partial charge is 0.407 e. The van der Waals surface area contributed by atoms with Gasteiger partial charge in [-0.05, 0) is 77.4 Å². The van der Waals surface area contributed by atoms with Crippen LogP contribution >= 0.6 is 0 Å². The number of aromatic nitrogens is 1. The highest BCUT2D eigenvalue weighted by Crippen LogP contribution is 2.22. The Balaban J connectivity index is 1.43. The zero-order chi connectivity index (χ0) is 25.4. The highest BCUT2D eigenvalue weighted by molar-refractivity contribution is 5.96. The number of hydrogen-bond donors (Lipinski definition) is 1. The largest absolute Gasteiger partial charge is 0.493 e. The molecule has 1 heterocycles. The topological polar surface area (TPSA) is 90.7 Å². The number of oxazole rings is 1. The predicted molar refractivity (Wildman–Crippen MR) is 135 cm³/mol. The second-order valence-electron chi connectivity index (χ2n) is 9.52. The summed E-state index contributed by atoms with van der Waals surface area (Å²) < 4.78 is 16.9. The molecule has 1 aromatic heterocycles. The lowest BCUT2D eigenvalue weighted by atomic mass is 10.0. The summed E-state index contributed by atoms with van der Waals surface area (Å²) in [5.41, 5.74) is 1.87. The summed E-state index contributed by atoms with van der Waals surface area (Å²) in [6, 6.07) is 16.7. The zero-order valence-corrected chi connectivity index (χ0v) is 21.1. The normalized spacial score (nSPS) is 12.1. The average Bonchev–Trinajstić information content (AvgIpc) is 3.17. The lowest BCUT2D eigenvalue weighted by Gasteiger charge is -2.21. The number of amides is 1. The number of ether oxygens (including phenoxy) is 2. The van der Waals surface area contributed by atoms with Crippen LogP contribution < -0.4 is 10.1 Å². The van der Waals surface area contributed by atoms with Crippen LogP contribution in [-0.4, -0.2) is 35.1 Å². The maximum atomic E-state index is 12.5. The molecule has 1 atom stereocenters. The highest BCUT2D eigenvalue weighted by Gasteiger charge is 2.18. The zero-order valence-electron chi connectivity index (χ0n) is 21.1. The molecule has 0 fully saturated rings. The van der Waals surface area contributed by atoms with Gasteiger partial charge in [0.2, 0.25) is 5.89 Å². The fourth-order valence-corrected chi connectivity index (χ4v) is 3.44. The Hall–Kier alpha value is -3.61. The number of hydrogen-bond acceptors (Lipinski definition) is 6. The van der Waals surface area contributed by atoms with E-state index in [2.05, 4.69) is 10.3 Å². The monoisotopic (exact) mass is 478 g/mol. The number of rotatable bonds is 10. The van der Waals surface area contributed by atoms with E-state index in [1.165, 1.54) is 0 Å². The molecule has 1 amide bonds. The van der Waals surface area contributed by atoms with E-state index in [0.717, 1.165) is 17.0 Å². The first kappa shape index (κ1) is 26.0. The second-order valence-corrected chi connectivity index (χ2v) is 9.52. The van der Waals surface area contributed by atoms with Crippen LogP contribution in [0.4, 0.5) is 4.79 Å². The molecule has 7 nitrogen and oxygen atoms in total. The fraction of sp³-hybridized carbons (Fsp3) is 0.393. The van der Waals surface area contributed by atoms with Gasteiger partial charge >= 0.3 is 6.09 Å². The Morgan fingerprint density at radius 1 is 1.06 bits per heavy atom. The Kier molecular flexibility index (Phi) is 8.68. The molecule has 0 saturated heterocycles. The third-order valence-electron chi connectivity index (χ3n) is 5.26. The van der Waals surface area contributed by atoms with Crippen molar-refractivity contribution < 1.29 is 23.5 Å². The summed E-state index contributed by atoms with van der Waals surface area (Å²) in [5, 5.41) is 2.76. The van der Waals surface area contributed by atoms with Crippen LogP contribution in [0.5, 0.6) is 5.75 Å². The lowest BCUT2D eigenvalue weighted by molar-refractivity contribution is 0.0504. The highest BCUT2D eigenvalue weighted by atomic mass is 16.6. The van der Waals surface area contributed by atoms with E-state index in [9.17, 15) is 9.59 Å². The van der Waals surface area contributed by atoms with Crippen LogP contribution in [0.3, 0.4) is 0 Å². The van der Waals surface area contributed by atoms with Gasteiger partial charge in [-0.2, -0.15) is 0 Å². The Bertz CT molecular complexity index is 1110. The second kappa shape index (κ2) is 11.7. The molecule has 2 aromatic carbocycles. The third kappa shape index (κ3) is 8.28. The minimum absolute atomic E-state index is 0.0149. The summed E-state index contributed by atoms with van der Waals surface area (Å²) in [5.74, 6) is 2.09. The van der Waals surface area contributed by atoms with Gasteiger partial charge in [0.25, 0.3) is 0 Å². The van der Waals surface area contributed by atoms with E-state index < -0.39 is 11.7 Å². The van der Waals surface area contributed by atoms with E-state index in [1.54, 1.807) is 24.3 Å². The number of carbonyl (C=O) groups excluding carboxylic acids is 2. The molecule has 0 spiro atoms. The number of benzene rings is 2. The first-order chi connectivity index (χ1) is 16.6. The SMILES string of the molecule is Cc1oc(-c2ccccc2)nc1CCOc1ccc(C(=O)CC[C@H](C)NC(=O)OC(C)(C)C)cc1. The molecule has 0 saturated carbocycles. The lowest BCUT2D eigenvalue weighted by Crippen LogP contribution is -2.37. The molecule has 3 aromatic rings. The van der Waals surface area contributed by atoms with Crippen molar-refractivity contribution in [2.45, 2.75) is 65.5 Å². The summed E-state index contributed by atoms with van der Waals surface area (Å²) in [6.07, 6.45) is 0.992. The number of aryl methyl sites for hydroxylation is 1. The quantitative estimate of drug-likeness (QED) is 0.352. The molecule has 1 N–H and O–H groups in total. The Morgan fingerprint density at radius 3 is 2.40 bits per heavy atom. The van der Waals surface area contributed by atoms with Gasteiger partial charge in [0, 0.05) is 30.0 Å². The van der Waals surface area contributed by atoms with Crippen LogP contribution in [0.25, 0.3) is 11.5 Å². The van der Waals surface area contributed by atoms with Crippen LogP contribution in [0.15, 0.2) is 59.0 Å². The van der Waals surface area contributed by atoms with Gasteiger partial charge in [-0.3, -0.25) is 4.79 Å². The van der Waals surface area contributed by atoms with Crippen molar-refractivity contribution in [2.75, 3.05) is 6.61 Å². The Morgan fingerprint density at radius 2 is 1.74 bits per heavy atom. The summed E-state index contributed by atoms with van der Waals surface area (Å²) >= 11 is 0. The molecule has 0 aliphatic heterocycles. The van der Waals surface area contributed by atoms with Gasteiger partial charge < -0.3 is 19.2 Å². The van der Waals surface area contributed by atoms with Gasteiger partial charge in [0.05, 0.1) is 12.3 Å². The van der Waals surface area contributed by atoms with Crippen molar-refractivity contribution in [1.29, 1.82) is 0 Å². The van der Waals surface area contributed by atoms with E-state index >= 15 is 0 Å². The van der Waals surface area contributed by atoms with Crippen LogP contribution in [0, 0.1) is 6.92 Å². The minimum atomic E-state index is -0.553. The molecule has 0 aliphatic carbocycles. The number of nitrogens with one attached hydrogen (secondary N) is 1. The van der Waals surface area contributed by atoms with Gasteiger partial charge in [0.15, 0.2) is 5.78 Å². The van der Waals surface area contributed by atoms with E-state index in [0.29, 0.717) is 43.1 Å². The van der Waals surface area contributed by atoms with Crippen molar-refractivity contribution in [2.24, 2.45) is 0 Å².